The fourth-order valence-electron chi connectivity index (χ4n) is 1.49. The summed E-state index contributed by atoms with van der Waals surface area (Å²) in [4.78, 5) is 10.7. The maximum atomic E-state index is 10.7. The van der Waals surface area contributed by atoms with Crippen LogP contribution in [0.2, 0.25) is 0 Å². The van der Waals surface area contributed by atoms with E-state index in [4.69, 9.17) is 19.4 Å². The summed E-state index contributed by atoms with van der Waals surface area (Å²) in [5, 5.41) is 20.4. The first-order chi connectivity index (χ1) is 8.65. The second-order valence-electron chi connectivity index (χ2n) is 3.86. The van der Waals surface area contributed by atoms with Crippen molar-refractivity contribution in [3.63, 3.8) is 0 Å². The van der Waals surface area contributed by atoms with E-state index in [0.29, 0.717) is 25.5 Å². The molecule has 0 aliphatic heterocycles. The Morgan fingerprint density at radius 2 is 2.28 bits per heavy atom. The van der Waals surface area contributed by atoms with Crippen LogP contribution in [0.5, 0.6) is 0 Å². The molecule has 1 heterocycles. The molecule has 0 atom stereocenters. The van der Waals surface area contributed by atoms with Crippen molar-refractivity contribution in [2.24, 2.45) is 0 Å². The molecule has 18 heavy (non-hydrogen) atoms. The molecule has 0 spiro atoms. The molecule has 0 aliphatic carbocycles. The Hall–Kier alpha value is -1.37. The van der Waals surface area contributed by atoms with Crippen LogP contribution in [0.3, 0.4) is 0 Å². The first kappa shape index (κ1) is 14.7. The van der Waals surface area contributed by atoms with Crippen LogP contribution in [0.4, 0.5) is 0 Å². The molecule has 1 aromatic heterocycles. The number of rotatable bonds is 9. The highest BCUT2D eigenvalue weighted by Crippen LogP contribution is 2.14. The third-order valence-corrected chi connectivity index (χ3v) is 2.42. The van der Waals surface area contributed by atoms with Gasteiger partial charge in [-0.2, -0.15) is 0 Å². The van der Waals surface area contributed by atoms with Crippen molar-refractivity contribution in [3.8, 4) is 0 Å². The van der Waals surface area contributed by atoms with Crippen molar-refractivity contribution in [2.45, 2.75) is 19.9 Å². The number of hydrogen-bond acceptors (Lipinski definition) is 5. The van der Waals surface area contributed by atoms with Crippen LogP contribution < -0.4 is 5.32 Å². The fourth-order valence-corrected chi connectivity index (χ4v) is 1.49. The highest BCUT2D eigenvalue weighted by atomic mass is 16.5. The minimum absolute atomic E-state index is 0.0319. The van der Waals surface area contributed by atoms with Gasteiger partial charge in [0.1, 0.15) is 5.76 Å². The average molecular weight is 257 g/mol. The highest BCUT2D eigenvalue weighted by Gasteiger charge is 2.12. The molecule has 1 rings (SSSR count). The number of carbonyl (C=O) groups is 1. The predicted octanol–water partition coefficient (Wildman–Crippen LogP) is 0.775. The summed E-state index contributed by atoms with van der Waals surface area (Å²) >= 11 is 0. The number of furan rings is 1. The van der Waals surface area contributed by atoms with Crippen LogP contribution in [0.1, 0.15) is 28.3 Å². The van der Waals surface area contributed by atoms with E-state index in [2.05, 4.69) is 5.32 Å². The van der Waals surface area contributed by atoms with Gasteiger partial charge in [-0.05, 0) is 26.0 Å². The van der Waals surface area contributed by atoms with Gasteiger partial charge in [0.15, 0.2) is 0 Å². The SMILES string of the molecule is Cc1oc(C(=O)O)cc1CNCCCOCCO. The van der Waals surface area contributed by atoms with E-state index < -0.39 is 5.97 Å². The lowest BCUT2D eigenvalue weighted by atomic mass is 10.2. The van der Waals surface area contributed by atoms with E-state index in [9.17, 15) is 4.79 Å². The monoisotopic (exact) mass is 257 g/mol. The Morgan fingerprint density at radius 3 is 2.89 bits per heavy atom. The smallest absolute Gasteiger partial charge is 0.371 e. The Balaban J connectivity index is 2.21. The topological polar surface area (TPSA) is 91.9 Å². The summed E-state index contributed by atoms with van der Waals surface area (Å²) in [5.41, 5.74) is 0.851. The Morgan fingerprint density at radius 1 is 1.50 bits per heavy atom. The van der Waals surface area contributed by atoms with Crippen LogP contribution in [0, 0.1) is 6.92 Å². The Labute approximate surface area is 106 Å². The van der Waals surface area contributed by atoms with Crippen LogP contribution in [-0.2, 0) is 11.3 Å². The first-order valence-corrected chi connectivity index (χ1v) is 5.87. The molecular weight excluding hydrogens is 238 g/mol. The van der Waals surface area contributed by atoms with Gasteiger partial charge in [0.2, 0.25) is 5.76 Å². The quantitative estimate of drug-likeness (QED) is 0.566. The molecule has 0 radical (unpaired) electrons. The summed E-state index contributed by atoms with van der Waals surface area (Å²) in [5.74, 6) is -0.464. The van der Waals surface area contributed by atoms with E-state index in [-0.39, 0.29) is 12.4 Å². The number of aliphatic hydroxyl groups is 1. The molecule has 0 saturated carbocycles. The Kier molecular flexibility index (Phi) is 6.42. The zero-order valence-corrected chi connectivity index (χ0v) is 10.4. The molecule has 0 aromatic carbocycles. The van der Waals surface area contributed by atoms with Gasteiger partial charge in [-0.15, -0.1) is 0 Å². The number of hydrogen-bond donors (Lipinski definition) is 3. The molecule has 6 heteroatoms. The van der Waals surface area contributed by atoms with E-state index >= 15 is 0 Å². The van der Waals surface area contributed by atoms with Gasteiger partial charge in [-0.25, -0.2) is 4.79 Å². The Bertz CT molecular complexity index is 375. The lowest BCUT2D eigenvalue weighted by molar-refractivity contribution is 0.0661. The molecule has 3 N–H and O–H groups in total. The number of carboxylic acid groups (broad SMARTS) is 1. The maximum absolute atomic E-state index is 10.7. The summed E-state index contributed by atoms with van der Waals surface area (Å²) < 4.78 is 10.2. The zero-order valence-electron chi connectivity index (χ0n) is 10.4. The largest absolute Gasteiger partial charge is 0.475 e. The molecule has 0 amide bonds. The molecule has 6 nitrogen and oxygen atoms in total. The first-order valence-electron chi connectivity index (χ1n) is 5.87. The van der Waals surface area contributed by atoms with Crippen molar-refractivity contribution < 1.29 is 24.2 Å². The molecule has 0 unspecified atom stereocenters. The van der Waals surface area contributed by atoms with Crippen molar-refractivity contribution in [2.75, 3.05) is 26.4 Å². The van der Waals surface area contributed by atoms with Crippen molar-refractivity contribution in [1.82, 2.24) is 5.32 Å². The number of aliphatic hydroxyl groups excluding tert-OH is 1. The van der Waals surface area contributed by atoms with Gasteiger partial charge in [-0.3, -0.25) is 0 Å². The molecule has 1 aromatic rings. The minimum Gasteiger partial charge on any atom is -0.475 e. The molecular formula is C12H19NO5. The van der Waals surface area contributed by atoms with Crippen molar-refractivity contribution >= 4 is 5.97 Å². The van der Waals surface area contributed by atoms with E-state index in [1.54, 1.807) is 6.92 Å². The summed E-state index contributed by atoms with van der Waals surface area (Å²) in [6.45, 7) is 4.08. The minimum atomic E-state index is -1.05. The molecule has 0 aliphatic rings. The molecule has 102 valence electrons. The summed E-state index contributed by atoms with van der Waals surface area (Å²) in [6, 6.07) is 1.53. The van der Waals surface area contributed by atoms with Crippen LogP contribution in [-0.4, -0.2) is 42.5 Å². The van der Waals surface area contributed by atoms with Crippen LogP contribution >= 0.6 is 0 Å². The number of nitrogens with one attached hydrogen (secondary N) is 1. The molecule has 0 fully saturated rings. The van der Waals surface area contributed by atoms with E-state index in [1.807, 2.05) is 0 Å². The number of carboxylic acids is 1. The number of ether oxygens (including phenoxy) is 1. The van der Waals surface area contributed by atoms with Gasteiger partial charge in [-0.1, -0.05) is 0 Å². The van der Waals surface area contributed by atoms with Gasteiger partial charge in [0.05, 0.1) is 13.2 Å². The normalized spacial score (nSPS) is 10.8. The maximum Gasteiger partial charge on any atom is 0.371 e. The molecule has 0 saturated heterocycles. The van der Waals surface area contributed by atoms with Gasteiger partial charge >= 0.3 is 5.97 Å². The van der Waals surface area contributed by atoms with Crippen molar-refractivity contribution in [3.05, 3.63) is 23.2 Å². The second kappa shape index (κ2) is 7.86. The fraction of sp³-hybridized carbons (Fsp3) is 0.583. The lowest BCUT2D eigenvalue weighted by Crippen LogP contribution is -2.16. The third-order valence-electron chi connectivity index (χ3n) is 2.42. The van der Waals surface area contributed by atoms with Gasteiger partial charge < -0.3 is 24.7 Å². The number of aryl methyl sites for hydroxylation is 1. The third kappa shape index (κ3) is 4.87. The summed E-state index contributed by atoms with van der Waals surface area (Å²) in [7, 11) is 0. The zero-order chi connectivity index (χ0) is 13.4. The van der Waals surface area contributed by atoms with Crippen LogP contribution in [0.25, 0.3) is 0 Å². The van der Waals surface area contributed by atoms with Gasteiger partial charge in [0.25, 0.3) is 0 Å². The van der Waals surface area contributed by atoms with Crippen molar-refractivity contribution in [1.29, 1.82) is 0 Å². The van der Waals surface area contributed by atoms with E-state index in [0.717, 1.165) is 18.5 Å². The second-order valence-corrected chi connectivity index (χ2v) is 3.86. The molecule has 0 bridgehead atoms. The standard InChI is InChI=1S/C12H19NO5/c1-9-10(7-11(18-9)12(15)16)8-13-3-2-5-17-6-4-14/h7,13-14H,2-6,8H2,1H3,(H,15,16). The van der Waals surface area contributed by atoms with E-state index in [1.165, 1.54) is 6.07 Å². The number of aromatic carboxylic acids is 1. The highest BCUT2D eigenvalue weighted by molar-refractivity contribution is 5.84. The summed E-state index contributed by atoms with van der Waals surface area (Å²) in [6.07, 6.45) is 0.836. The van der Waals surface area contributed by atoms with Crippen LogP contribution in [0.15, 0.2) is 10.5 Å². The lowest BCUT2D eigenvalue weighted by Gasteiger charge is -2.04. The predicted molar refractivity (Wildman–Crippen MR) is 64.6 cm³/mol. The average Bonchev–Trinajstić information content (AvgIpc) is 2.70. The van der Waals surface area contributed by atoms with Gasteiger partial charge in [0, 0.05) is 18.7 Å².